The van der Waals surface area contributed by atoms with E-state index in [0.29, 0.717) is 45.8 Å². The summed E-state index contributed by atoms with van der Waals surface area (Å²) in [4.78, 5) is 35.4. The molecule has 0 aliphatic heterocycles. The van der Waals surface area contributed by atoms with Crippen LogP contribution in [-0.2, 0) is 22.6 Å². The maximum atomic E-state index is 11.5. The summed E-state index contributed by atoms with van der Waals surface area (Å²) in [5.74, 6) is 0.378. The number of nitrogens with zero attached hydrogens (tertiary/aromatic N) is 4. The smallest absolute Gasteiger partial charge is 0.308 e. The summed E-state index contributed by atoms with van der Waals surface area (Å²) in [6.07, 6.45) is 4.73. The number of rotatable bonds is 6. The zero-order valence-corrected chi connectivity index (χ0v) is 17.2. The lowest BCUT2D eigenvalue weighted by atomic mass is 10.0. The van der Waals surface area contributed by atoms with Gasteiger partial charge < -0.3 is 19.8 Å². The van der Waals surface area contributed by atoms with Gasteiger partial charge in [-0.3, -0.25) is 9.59 Å². The van der Waals surface area contributed by atoms with Gasteiger partial charge in [-0.05, 0) is 36.6 Å². The first-order valence-electron chi connectivity index (χ1n) is 9.76. The van der Waals surface area contributed by atoms with Gasteiger partial charge in [-0.2, -0.15) is 0 Å². The van der Waals surface area contributed by atoms with Gasteiger partial charge in [0.1, 0.15) is 23.3 Å². The van der Waals surface area contributed by atoms with Crippen LogP contribution in [0.3, 0.4) is 0 Å². The summed E-state index contributed by atoms with van der Waals surface area (Å²) in [5.41, 5.74) is 8.19. The largest absolute Gasteiger partial charge is 0.426 e. The molecule has 9 heteroatoms. The quantitative estimate of drug-likeness (QED) is 0.374. The van der Waals surface area contributed by atoms with Crippen molar-refractivity contribution in [2.45, 2.75) is 33.2 Å². The molecule has 0 aliphatic rings. The number of aromatic nitrogens is 4. The number of nitrogens with two attached hydrogens (primary N) is 1. The molecule has 0 fully saturated rings. The highest BCUT2D eigenvalue weighted by Gasteiger charge is 2.13. The number of carbonyl (C=O) groups excluding carboxylic acids is 2. The fourth-order valence-electron chi connectivity index (χ4n) is 3.50. The highest BCUT2D eigenvalue weighted by Crippen LogP contribution is 2.34. The van der Waals surface area contributed by atoms with Crippen LogP contribution in [-0.4, -0.2) is 31.5 Å². The first-order chi connectivity index (χ1) is 14.9. The number of imidazole rings is 1. The number of ether oxygens (including phenoxy) is 2. The van der Waals surface area contributed by atoms with Gasteiger partial charge >= 0.3 is 11.9 Å². The Labute approximate surface area is 177 Å². The molecule has 0 amide bonds. The number of carbonyl (C=O) groups is 2. The van der Waals surface area contributed by atoms with Crippen molar-refractivity contribution in [2.24, 2.45) is 0 Å². The second kappa shape index (κ2) is 8.39. The minimum absolute atomic E-state index is 0.361. The molecule has 2 aromatic heterocycles. The van der Waals surface area contributed by atoms with Crippen molar-refractivity contribution in [3.05, 3.63) is 48.5 Å². The van der Waals surface area contributed by atoms with Crippen molar-refractivity contribution in [1.82, 2.24) is 19.5 Å². The van der Waals surface area contributed by atoms with Crippen molar-refractivity contribution in [2.75, 3.05) is 5.73 Å². The number of fused-ring (bicyclic) bond motifs is 2. The standard InChI is InChI=1S/C22H21N5O4/c1-13(28)30-18-7-8-19(31-14(2)29)17-10-15(5-6-16(17)18)4-3-9-27-12-26-20-21(23)24-11-25-22(20)27/h5-8,10-12H,3-4,9H2,1-2H3,(H2,23,24,25). The molecule has 0 radical (unpaired) electrons. The van der Waals surface area contributed by atoms with Crippen molar-refractivity contribution >= 4 is 39.7 Å². The summed E-state index contributed by atoms with van der Waals surface area (Å²) in [7, 11) is 0. The van der Waals surface area contributed by atoms with Gasteiger partial charge in [0.15, 0.2) is 11.5 Å². The van der Waals surface area contributed by atoms with E-state index < -0.39 is 11.9 Å². The van der Waals surface area contributed by atoms with Gasteiger partial charge in [-0.1, -0.05) is 12.1 Å². The Kier molecular flexibility index (Phi) is 5.48. The van der Waals surface area contributed by atoms with Crippen LogP contribution in [0.15, 0.2) is 43.0 Å². The molecule has 31 heavy (non-hydrogen) atoms. The van der Waals surface area contributed by atoms with E-state index >= 15 is 0 Å². The monoisotopic (exact) mass is 419 g/mol. The van der Waals surface area contributed by atoms with Crippen LogP contribution in [0.5, 0.6) is 11.5 Å². The first-order valence-corrected chi connectivity index (χ1v) is 9.76. The lowest BCUT2D eigenvalue weighted by molar-refractivity contribution is -0.132. The van der Waals surface area contributed by atoms with Crippen LogP contribution in [0.25, 0.3) is 21.9 Å². The molecule has 0 saturated heterocycles. The van der Waals surface area contributed by atoms with Crippen molar-refractivity contribution in [3.63, 3.8) is 0 Å². The number of hydrogen-bond acceptors (Lipinski definition) is 8. The van der Waals surface area contributed by atoms with Gasteiger partial charge in [0.2, 0.25) is 0 Å². The van der Waals surface area contributed by atoms with E-state index in [2.05, 4.69) is 15.0 Å². The Hall–Kier alpha value is -4.01. The average Bonchev–Trinajstić information content (AvgIpc) is 3.14. The number of benzene rings is 2. The predicted molar refractivity (Wildman–Crippen MR) is 115 cm³/mol. The average molecular weight is 419 g/mol. The van der Waals surface area contributed by atoms with Crippen LogP contribution in [0.2, 0.25) is 0 Å². The molecule has 0 saturated carbocycles. The van der Waals surface area contributed by atoms with Crippen molar-refractivity contribution in [1.29, 1.82) is 0 Å². The third kappa shape index (κ3) is 4.30. The lowest BCUT2D eigenvalue weighted by Gasteiger charge is -2.12. The Morgan fingerprint density at radius 3 is 2.39 bits per heavy atom. The van der Waals surface area contributed by atoms with Gasteiger partial charge in [-0.25, -0.2) is 15.0 Å². The molecule has 2 N–H and O–H groups in total. The van der Waals surface area contributed by atoms with Crippen LogP contribution < -0.4 is 15.2 Å². The van der Waals surface area contributed by atoms with E-state index in [1.807, 2.05) is 22.8 Å². The Morgan fingerprint density at radius 2 is 1.68 bits per heavy atom. The van der Waals surface area contributed by atoms with Crippen molar-refractivity contribution < 1.29 is 19.1 Å². The fourth-order valence-corrected chi connectivity index (χ4v) is 3.50. The fraction of sp³-hybridized carbons (Fsp3) is 0.227. The topological polar surface area (TPSA) is 122 Å². The molecule has 4 aromatic rings. The molecule has 9 nitrogen and oxygen atoms in total. The Morgan fingerprint density at radius 1 is 0.968 bits per heavy atom. The van der Waals surface area contributed by atoms with Gasteiger partial charge in [0.25, 0.3) is 0 Å². The first kappa shape index (κ1) is 20.3. The number of hydrogen-bond donors (Lipinski definition) is 1. The molecule has 4 rings (SSSR count). The van der Waals surface area contributed by atoms with E-state index in [0.717, 1.165) is 18.4 Å². The van der Waals surface area contributed by atoms with Crippen LogP contribution in [0.4, 0.5) is 5.82 Å². The molecule has 0 spiro atoms. The van der Waals surface area contributed by atoms with Gasteiger partial charge in [0.05, 0.1) is 6.33 Å². The van der Waals surface area contributed by atoms with Crippen LogP contribution >= 0.6 is 0 Å². The second-order valence-corrected chi connectivity index (χ2v) is 7.10. The minimum atomic E-state index is -0.416. The number of esters is 2. The molecule has 2 aromatic carbocycles. The van der Waals surface area contributed by atoms with E-state index in [4.69, 9.17) is 15.2 Å². The van der Waals surface area contributed by atoms with E-state index in [1.54, 1.807) is 18.5 Å². The summed E-state index contributed by atoms with van der Waals surface area (Å²) in [6, 6.07) is 9.05. The van der Waals surface area contributed by atoms with Crippen molar-refractivity contribution in [3.8, 4) is 11.5 Å². The van der Waals surface area contributed by atoms with Crippen LogP contribution in [0, 0.1) is 0 Å². The molecule has 0 bridgehead atoms. The van der Waals surface area contributed by atoms with E-state index in [1.165, 1.54) is 20.2 Å². The summed E-state index contributed by atoms with van der Waals surface area (Å²) in [6.45, 7) is 3.40. The maximum Gasteiger partial charge on any atom is 0.308 e. The molecular formula is C22H21N5O4. The molecule has 0 atom stereocenters. The third-order valence-corrected chi connectivity index (χ3v) is 4.80. The highest BCUT2D eigenvalue weighted by molar-refractivity contribution is 5.96. The summed E-state index contributed by atoms with van der Waals surface area (Å²) < 4.78 is 12.6. The van der Waals surface area contributed by atoms with Gasteiger partial charge in [0, 0.05) is 31.2 Å². The van der Waals surface area contributed by atoms with Crippen LogP contribution in [0.1, 0.15) is 25.8 Å². The SMILES string of the molecule is CC(=O)Oc1ccc(OC(C)=O)c2cc(CCCn3cnc4c(N)ncnc43)ccc12. The zero-order chi connectivity index (χ0) is 22.0. The normalized spacial score (nSPS) is 11.0. The molecular weight excluding hydrogens is 398 g/mol. The Bertz CT molecular complexity index is 1300. The molecule has 0 unspecified atom stereocenters. The highest BCUT2D eigenvalue weighted by atomic mass is 16.5. The van der Waals surface area contributed by atoms with E-state index in [9.17, 15) is 9.59 Å². The zero-order valence-electron chi connectivity index (χ0n) is 17.2. The maximum absolute atomic E-state index is 11.5. The lowest BCUT2D eigenvalue weighted by Crippen LogP contribution is -2.05. The molecule has 2 heterocycles. The Balaban J connectivity index is 1.58. The van der Waals surface area contributed by atoms with E-state index in [-0.39, 0.29) is 0 Å². The minimum Gasteiger partial charge on any atom is -0.426 e. The second-order valence-electron chi connectivity index (χ2n) is 7.10. The predicted octanol–water partition coefficient (Wildman–Crippen LogP) is 3.05. The summed E-state index contributed by atoms with van der Waals surface area (Å²) >= 11 is 0. The number of nitrogen functional groups attached to an aromatic ring is 1. The van der Waals surface area contributed by atoms with Gasteiger partial charge in [-0.15, -0.1) is 0 Å². The summed E-state index contributed by atoms with van der Waals surface area (Å²) in [5, 5.41) is 1.41. The molecule has 0 aliphatic carbocycles. The number of aryl methyl sites for hydroxylation is 2. The number of anilines is 1. The molecule has 158 valence electrons. The third-order valence-electron chi connectivity index (χ3n) is 4.80.